The fourth-order valence-electron chi connectivity index (χ4n) is 4.41. The van der Waals surface area contributed by atoms with E-state index in [1.807, 2.05) is 35.9 Å². The van der Waals surface area contributed by atoms with Gasteiger partial charge in [0.05, 0.1) is 23.0 Å². The molecule has 0 saturated carbocycles. The maximum Gasteiger partial charge on any atom is 0.161 e. The molecule has 0 saturated heterocycles. The zero-order valence-electron chi connectivity index (χ0n) is 16.1. The van der Waals surface area contributed by atoms with E-state index in [4.69, 9.17) is 5.10 Å². The molecule has 1 N–H and O–H groups in total. The summed E-state index contributed by atoms with van der Waals surface area (Å²) in [4.78, 5) is 17.5. The summed E-state index contributed by atoms with van der Waals surface area (Å²) in [6, 6.07) is 14.2. The lowest BCUT2D eigenvalue weighted by Gasteiger charge is -2.32. The highest BCUT2D eigenvalue weighted by atomic mass is 16.1. The normalized spacial score (nSPS) is 18.5. The number of anilines is 1. The van der Waals surface area contributed by atoms with Crippen molar-refractivity contribution < 1.29 is 4.79 Å². The summed E-state index contributed by atoms with van der Waals surface area (Å²) >= 11 is 0. The Morgan fingerprint density at radius 3 is 2.79 bits per heavy atom. The topological polar surface area (TPSA) is 59.8 Å². The number of carbonyl (C=O) groups is 1. The maximum atomic E-state index is 12.9. The molecule has 1 aliphatic heterocycles. The van der Waals surface area contributed by atoms with Gasteiger partial charge in [0.2, 0.25) is 0 Å². The zero-order valence-corrected chi connectivity index (χ0v) is 16.1. The third kappa shape index (κ3) is 2.58. The van der Waals surface area contributed by atoms with Crippen molar-refractivity contribution >= 4 is 11.6 Å². The molecule has 2 aromatic heterocycles. The molecule has 0 amide bonds. The van der Waals surface area contributed by atoms with Crippen LogP contribution in [0.1, 0.15) is 47.7 Å². The highest BCUT2D eigenvalue weighted by Crippen LogP contribution is 2.46. The number of hydrogen-bond donors (Lipinski definition) is 1. The van der Waals surface area contributed by atoms with Crippen LogP contribution in [-0.2, 0) is 4.79 Å². The molecule has 0 radical (unpaired) electrons. The van der Waals surface area contributed by atoms with Gasteiger partial charge in [0, 0.05) is 29.5 Å². The molecule has 0 fully saturated rings. The van der Waals surface area contributed by atoms with Crippen molar-refractivity contribution in [2.45, 2.75) is 39.0 Å². The van der Waals surface area contributed by atoms with Gasteiger partial charge in [-0.1, -0.05) is 18.2 Å². The van der Waals surface area contributed by atoms with Gasteiger partial charge in [-0.05, 0) is 56.5 Å². The highest BCUT2D eigenvalue weighted by Gasteiger charge is 2.39. The number of rotatable bonds is 2. The van der Waals surface area contributed by atoms with Crippen molar-refractivity contribution in [3.05, 3.63) is 82.4 Å². The molecule has 1 aliphatic carbocycles. The van der Waals surface area contributed by atoms with Crippen molar-refractivity contribution in [3.63, 3.8) is 0 Å². The molecule has 1 unspecified atom stereocenters. The summed E-state index contributed by atoms with van der Waals surface area (Å²) in [6.07, 6.45) is 4.16. The first-order chi connectivity index (χ1) is 13.6. The SMILES string of the molecule is Cc1cccc(-n2nc(C)c3c2NC2=C(C(=O)CCC2)C3c2ccccn2)c1. The van der Waals surface area contributed by atoms with E-state index in [9.17, 15) is 4.79 Å². The molecule has 1 atom stereocenters. The summed E-state index contributed by atoms with van der Waals surface area (Å²) < 4.78 is 1.97. The third-order valence-electron chi connectivity index (χ3n) is 5.64. The number of fused-ring (bicyclic) bond motifs is 1. The van der Waals surface area contributed by atoms with E-state index in [-0.39, 0.29) is 11.7 Å². The minimum absolute atomic E-state index is 0.168. The van der Waals surface area contributed by atoms with Crippen molar-refractivity contribution in [1.29, 1.82) is 0 Å². The summed E-state index contributed by atoms with van der Waals surface area (Å²) in [7, 11) is 0. The van der Waals surface area contributed by atoms with Crippen molar-refractivity contribution in [2.75, 3.05) is 5.32 Å². The van der Waals surface area contributed by atoms with Crippen LogP contribution in [0.25, 0.3) is 5.69 Å². The Morgan fingerprint density at radius 2 is 2.00 bits per heavy atom. The molecule has 5 nitrogen and oxygen atoms in total. The Balaban J connectivity index is 1.76. The van der Waals surface area contributed by atoms with Crippen LogP contribution in [-0.4, -0.2) is 20.5 Å². The Hall–Kier alpha value is -3.21. The molecule has 2 aliphatic rings. The second kappa shape index (κ2) is 6.44. The number of nitrogens with one attached hydrogen (secondary N) is 1. The fourth-order valence-corrected chi connectivity index (χ4v) is 4.41. The van der Waals surface area contributed by atoms with E-state index in [2.05, 4.69) is 35.4 Å². The first-order valence-electron chi connectivity index (χ1n) is 9.74. The van der Waals surface area contributed by atoms with E-state index in [1.54, 1.807) is 6.20 Å². The first kappa shape index (κ1) is 16.9. The van der Waals surface area contributed by atoms with Crippen LogP contribution in [0.15, 0.2) is 59.9 Å². The lowest BCUT2D eigenvalue weighted by Crippen LogP contribution is -2.28. The lowest BCUT2D eigenvalue weighted by atomic mass is 9.77. The number of hydrogen-bond acceptors (Lipinski definition) is 4. The minimum Gasteiger partial charge on any atom is -0.343 e. The lowest BCUT2D eigenvalue weighted by molar-refractivity contribution is -0.116. The molecule has 0 spiro atoms. The molecule has 1 aromatic carbocycles. The van der Waals surface area contributed by atoms with Gasteiger partial charge in [-0.25, -0.2) is 4.68 Å². The maximum absolute atomic E-state index is 12.9. The Kier molecular flexibility index (Phi) is 3.90. The number of aryl methyl sites for hydroxylation is 2. The number of allylic oxidation sites excluding steroid dienone is 2. The van der Waals surface area contributed by atoms with Crippen LogP contribution >= 0.6 is 0 Å². The predicted octanol–water partition coefficient (Wildman–Crippen LogP) is 4.45. The molecular weight excluding hydrogens is 348 g/mol. The van der Waals surface area contributed by atoms with Crippen LogP contribution < -0.4 is 5.32 Å². The number of benzene rings is 1. The van der Waals surface area contributed by atoms with Crippen LogP contribution in [0.5, 0.6) is 0 Å². The molecule has 28 heavy (non-hydrogen) atoms. The predicted molar refractivity (Wildman–Crippen MR) is 109 cm³/mol. The number of Topliss-reactive ketones (excluding diaryl/α,β-unsaturated/α-hetero) is 1. The van der Waals surface area contributed by atoms with Crippen LogP contribution in [0.2, 0.25) is 0 Å². The average molecular weight is 370 g/mol. The Bertz CT molecular complexity index is 1110. The van der Waals surface area contributed by atoms with Crippen LogP contribution in [0, 0.1) is 13.8 Å². The molecule has 3 aromatic rings. The highest BCUT2D eigenvalue weighted by molar-refractivity contribution is 6.01. The third-order valence-corrected chi connectivity index (χ3v) is 5.64. The van der Waals surface area contributed by atoms with Gasteiger partial charge in [0.15, 0.2) is 5.78 Å². The van der Waals surface area contributed by atoms with Gasteiger partial charge in [0.1, 0.15) is 5.82 Å². The smallest absolute Gasteiger partial charge is 0.161 e. The van der Waals surface area contributed by atoms with Crippen molar-refractivity contribution in [3.8, 4) is 5.69 Å². The van der Waals surface area contributed by atoms with E-state index >= 15 is 0 Å². The molecular formula is C23H22N4O. The van der Waals surface area contributed by atoms with Crippen LogP contribution in [0.3, 0.4) is 0 Å². The number of pyridine rings is 1. The average Bonchev–Trinajstić information content (AvgIpc) is 3.04. The van der Waals surface area contributed by atoms with E-state index in [0.29, 0.717) is 6.42 Å². The van der Waals surface area contributed by atoms with Gasteiger partial charge in [-0.15, -0.1) is 0 Å². The molecule has 0 bridgehead atoms. The summed E-state index contributed by atoms with van der Waals surface area (Å²) in [5.74, 6) is 1.00. The van der Waals surface area contributed by atoms with Gasteiger partial charge < -0.3 is 5.32 Å². The molecule has 5 heteroatoms. The monoisotopic (exact) mass is 370 g/mol. The molecule has 3 heterocycles. The fraction of sp³-hybridized carbons (Fsp3) is 0.261. The standard InChI is InChI=1S/C23H22N4O/c1-14-7-5-8-16(13-14)27-23-20(15(2)26-27)22(17-9-3-4-12-24-17)21-18(25-23)10-6-11-19(21)28/h3-5,7-9,12-13,22,25H,6,10-11H2,1-2H3. The summed E-state index contributed by atoms with van der Waals surface area (Å²) in [5.41, 5.74) is 6.96. The Morgan fingerprint density at radius 1 is 1.11 bits per heavy atom. The van der Waals surface area contributed by atoms with Gasteiger partial charge in [0.25, 0.3) is 0 Å². The number of nitrogens with zero attached hydrogens (tertiary/aromatic N) is 3. The van der Waals surface area contributed by atoms with E-state index < -0.39 is 0 Å². The van der Waals surface area contributed by atoms with Gasteiger partial charge in [-0.3, -0.25) is 9.78 Å². The number of carbonyl (C=O) groups excluding carboxylic acids is 1. The second-order valence-electron chi connectivity index (χ2n) is 7.58. The van der Waals surface area contributed by atoms with E-state index in [0.717, 1.165) is 52.6 Å². The second-order valence-corrected chi connectivity index (χ2v) is 7.58. The zero-order chi connectivity index (χ0) is 19.3. The minimum atomic E-state index is -0.168. The Labute approximate surface area is 164 Å². The number of aromatic nitrogens is 3. The molecule has 5 rings (SSSR count). The summed E-state index contributed by atoms with van der Waals surface area (Å²) in [5, 5.41) is 8.42. The van der Waals surface area contributed by atoms with Gasteiger partial charge in [-0.2, -0.15) is 5.10 Å². The summed E-state index contributed by atoms with van der Waals surface area (Å²) in [6.45, 7) is 4.10. The largest absolute Gasteiger partial charge is 0.343 e. The number of ketones is 1. The molecule has 140 valence electrons. The van der Waals surface area contributed by atoms with Crippen molar-refractivity contribution in [1.82, 2.24) is 14.8 Å². The van der Waals surface area contributed by atoms with Crippen LogP contribution in [0.4, 0.5) is 5.82 Å². The van der Waals surface area contributed by atoms with E-state index in [1.165, 1.54) is 5.56 Å². The first-order valence-corrected chi connectivity index (χ1v) is 9.74. The van der Waals surface area contributed by atoms with Crippen molar-refractivity contribution in [2.24, 2.45) is 0 Å². The van der Waals surface area contributed by atoms with Gasteiger partial charge >= 0.3 is 0 Å². The quantitative estimate of drug-likeness (QED) is 0.724.